The van der Waals surface area contributed by atoms with Crippen molar-refractivity contribution in [3.63, 3.8) is 0 Å². The van der Waals surface area contributed by atoms with Crippen LogP contribution in [0, 0.1) is 18.8 Å². The molecule has 4 amide bonds. The lowest BCUT2D eigenvalue weighted by molar-refractivity contribution is -0.136. The number of halogens is 1. The number of para-hydroxylation sites is 1. The van der Waals surface area contributed by atoms with Gasteiger partial charge < -0.3 is 20.7 Å². The maximum absolute atomic E-state index is 13.1. The van der Waals surface area contributed by atoms with Gasteiger partial charge in [-0.2, -0.15) is 4.98 Å². The second kappa shape index (κ2) is 18.8. The molecule has 1 aromatic heterocycles. The van der Waals surface area contributed by atoms with Crippen LogP contribution in [0.5, 0.6) is 5.75 Å². The summed E-state index contributed by atoms with van der Waals surface area (Å²) < 4.78 is 31.7. The summed E-state index contributed by atoms with van der Waals surface area (Å²) in [7, 11) is -1.97. The van der Waals surface area contributed by atoms with Crippen LogP contribution in [-0.2, 0) is 25.8 Å². The van der Waals surface area contributed by atoms with Gasteiger partial charge in [-0.25, -0.2) is 13.4 Å². The summed E-state index contributed by atoms with van der Waals surface area (Å²) in [5.74, 6) is 5.22. The number of piperidine rings is 1. The molecule has 1 saturated heterocycles. The Morgan fingerprint density at radius 3 is 2.51 bits per heavy atom. The lowest BCUT2D eigenvalue weighted by Crippen LogP contribution is -2.54. The van der Waals surface area contributed by atoms with Crippen LogP contribution in [0.4, 0.5) is 23.1 Å². The van der Waals surface area contributed by atoms with Gasteiger partial charge in [0.05, 0.1) is 46.0 Å². The zero-order chi connectivity index (χ0) is 42.3. The zero-order valence-electron chi connectivity index (χ0n) is 33.3. The molecule has 14 nitrogen and oxygen atoms in total. The van der Waals surface area contributed by atoms with Crippen LogP contribution < -0.4 is 26.0 Å². The van der Waals surface area contributed by atoms with E-state index in [1.165, 1.54) is 6.20 Å². The van der Waals surface area contributed by atoms with Crippen LogP contribution in [-0.4, -0.2) is 78.4 Å². The van der Waals surface area contributed by atoms with Crippen LogP contribution in [0.2, 0.25) is 5.02 Å². The number of rotatable bonds is 16. The fourth-order valence-corrected chi connectivity index (χ4v) is 8.14. The number of hydrogen-bond acceptors (Lipinski definition) is 12. The highest BCUT2D eigenvalue weighted by Crippen LogP contribution is 2.34. The highest BCUT2D eigenvalue weighted by Gasteiger charge is 2.44. The van der Waals surface area contributed by atoms with E-state index in [-0.39, 0.29) is 45.7 Å². The normalized spacial score (nSPS) is 15.2. The number of anilines is 4. The fourth-order valence-electron chi connectivity index (χ4n) is 6.80. The lowest BCUT2D eigenvalue weighted by atomic mass is 10.0. The SMILES string of the molecule is COc1cc(CCNCCCCCC#Cc2ccc3c(c2)C(=O)N(C2CCC(=O)NC2=O)C3=O)c(C)cc1Nc1ncc(Cl)c(Nc2ccccc2S(=O)(=O)C(C)C)n1. The second-order valence-electron chi connectivity index (χ2n) is 14.5. The molecule has 0 bridgehead atoms. The van der Waals surface area contributed by atoms with Crippen molar-refractivity contribution in [2.45, 2.75) is 81.9 Å². The maximum Gasteiger partial charge on any atom is 0.262 e. The van der Waals surface area contributed by atoms with Crippen LogP contribution >= 0.6 is 11.6 Å². The molecule has 0 saturated carbocycles. The smallest absolute Gasteiger partial charge is 0.262 e. The van der Waals surface area contributed by atoms with E-state index < -0.39 is 44.8 Å². The molecule has 3 heterocycles. The Kier molecular flexibility index (Phi) is 13.7. The van der Waals surface area contributed by atoms with Crippen molar-refractivity contribution in [2.75, 3.05) is 30.8 Å². The Morgan fingerprint density at radius 1 is 0.966 bits per heavy atom. The minimum Gasteiger partial charge on any atom is -0.495 e. The highest BCUT2D eigenvalue weighted by molar-refractivity contribution is 7.92. The molecule has 4 N–H and O–H groups in total. The minimum absolute atomic E-state index is 0.0704. The number of benzene rings is 3. The first-order valence-corrected chi connectivity index (χ1v) is 21.3. The molecule has 308 valence electrons. The van der Waals surface area contributed by atoms with E-state index in [2.05, 4.69) is 43.1 Å². The number of nitrogens with zero attached hydrogens (tertiary/aromatic N) is 3. The molecule has 0 radical (unpaired) electrons. The zero-order valence-corrected chi connectivity index (χ0v) is 34.9. The molecule has 2 aliphatic heterocycles. The van der Waals surface area contributed by atoms with E-state index in [4.69, 9.17) is 16.3 Å². The Hall–Kier alpha value is -5.82. The monoisotopic (exact) mass is 839 g/mol. The van der Waals surface area contributed by atoms with E-state index >= 15 is 0 Å². The number of sulfone groups is 1. The number of fused-ring (bicyclic) bond motifs is 1. The molecular weight excluding hydrogens is 794 g/mol. The van der Waals surface area contributed by atoms with Gasteiger partial charge in [0.15, 0.2) is 15.7 Å². The topological polar surface area (TPSA) is 189 Å². The maximum atomic E-state index is 13.1. The van der Waals surface area contributed by atoms with Crippen molar-refractivity contribution in [2.24, 2.45) is 0 Å². The predicted molar refractivity (Wildman–Crippen MR) is 225 cm³/mol. The molecule has 1 unspecified atom stereocenters. The predicted octanol–water partition coefficient (Wildman–Crippen LogP) is 6.26. The average molecular weight is 840 g/mol. The van der Waals surface area contributed by atoms with Crippen LogP contribution in [0.3, 0.4) is 0 Å². The second-order valence-corrected chi connectivity index (χ2v) is 17.4. The molecular formula is C43H46ClN7O7S. The average Bonchev–Trinajstić information content (AvgIpc) is 3.45. The standard InChI is InChI=1S/C43H46ClN7O7S/c1-26(2)59(56,57)37-14-10-9-13-33(37)47-39-32(44)25-46-43(50-39)48-34-22-27(3)29(24-36(34)58-4)19-21-45-20-11-7-5-6-8-12-28-15-16-30-31(23-28)42(55)51(41(30)54)35-17-18-38(52)49-40(35)53/h9-10,13-16,22-26,35,45H,5-7,11,17-21H2,1-4H3,(H,49,52,53)(H2,46,47,48,50). The number of nitrogens with one attached hydrogen (secondary N) is 4. The quantitative estimate of drug-likeness (QED) is 0.0564. The number of carbonyl (C=O) groups excluding carboxylic acids is 4. The van der Waals surface area contributed by atoms with E-state index in [0.29, 0.717) is 29.1 Å². The molecule has 4 aromatic rings. The molecule has 2 aliphatic rings. The molecule has 59 heavy (non-hydrogen) atoms. The van der Waals surface area contributed by atoms with Crippen molar-refractivity contribution in [3.05, 3.63) is 93.6 Å². The molecule has 16 heteroatoms. The van der Waals surface area contributed by atoms with Gasteiger partial charge in [0.2, 0.25) is 17.8 Å². The Bertz CT molecular complexity index is 2460. The van der Waals surface area contributed by atoms with E-state index in [9.17, 15) is 27.6 Å². The van der Waals surface area contributed by atoms with Gasteiger partial charge >= 0.3 is 0 Å². The van der Waals surface area contributed by atoms with Gasteiger partial charge in [0.1, 0.15) is 16.8 Å². The van der Waals surface area contributed by atoms with E-state index in [1.807, 2.05) is 19.1 Å². The van der Waals surface area contributed by atoms with Gasteiger partial charge in [-0.15, -0.1) is 0 Å². The lowest BCUT2D eigenvalue weighted by Gasteiger charge is -2.27. The number of amides is 4. The third-order valence-electron chi connectivity index (χ3n) is 10.1. The van der Waals surface area contributed by atoms with Gasteiger partial charge in [-0.05, 0) is 113 Å². The van der Waals surface area contributed by atoms with Gasteiger partial charge in [-0.1, -0.05) is 42.0 Å². The first-order chi connectivity index (χ1) is 28.3. The first-order valence-electron chi connectivity index (χ1n) is 19.4. The summed E-state index contributed by atoms with van der Waals surface area (Å²) in [6.07, 6.45) is 5.97. The third kappa shape index (κ3) is 9.90. The molecule has 1 atom stereocenters. The Labute approximate surface area is 348 Å². The molecule has 1 fully saturated rings. The van der Waals surface area contributed by atoms with Crippen molar-refractivity contribution >= 4 is 68.2 Å². The largest absolute Gasteiger partial charge is 0.495 e. The number of unbranched alkanes of at least 4 members (excludes halogenated alkanes) is 3. The Balaban J connectivity index is 0.948. The number of carbonyl (C=O) groups is 4. The van der Waals surface area contributed by atoms with Crippen LogP contribution in [0.1, 0.15) is 89.8 Å². The van der Waals surface area contributed by atoms with Gasteiger partial charge in [0.25, 0.3) is 11.8 Å². The number of aromatic nitrogens is 2. The van der Waals surface area contributed by atoms with Gasteiger partial charge in [-0.3, -0.25) is 29.4 Å². The molecule has 0 aliphatic carbocycles. The summed E-state index contributed by atoms with van der Waals surface area (Å²) in [4.78, 5) is 59.8. The van der Waals surface area contributed by atoms with Crippen molar-refractivity contribution < 1.29 is 32.3 Å². The molecule has 3 aromatic carbocycles. The summed E-state index contributed by atoms with van der Waals surface area (Å²) in [6.45, 7) is 6.92. The third-order valence-corrected chi connectivity index (χ3v) is 12.6. The van der Waals surface area contributed by atoms with Crippen molar-refractivity contribution in [1.29, 1.82) is 0 Å². The van der Waals surface area contributed by atoms with E-state index in [1.54, 1.807) is 63.4 Å². The summed E-state index contributed by atoms with van der Waals surface area (Å²) in [5, 5.41) is 11.6. The summed E-state index contributed by atoms with van der Waals surface area (Å²) in [5.41, 5.74) is 4.28. The number of imide groups is 2. The van der Waals surface area contributed by atoms with Crippen LogP contribution in [0.25, 0.3) is 0 Å². The van der Waals surface area contributed by atoms with Crippen molar-refractivity contribution in [1.82, 2.24) is 25.5 Å². The number of hydrogen-bond donors (Lipinski definition) is 4. The molecule has 0 spiro atoms. The summed E-state index contributed by atoms with van der Waals surface area (Å²) in [6, 6.07) is 14.4. The number of ether oxygens (including phenoxy) is 1. The molecule has 6 rings (SSSR count). The Morgan fingerprint density at radius 2 is 1.75 bits per heavy atom. The fraction of sp³-hybridized carbons (Fsp3) is 0.349. The minimum atomic E-state index is -3.57. The number of methoxy groups -OCH3 is 1. The first kappa shape index (κ1) is 42.8. The number of aryl methyl sites for hydroxylation is 1. The highest BCUT2D eigenvalue weighted by atomic mass is 35.5. The van der Waals surface area contributed by atoms with E-state index in [0.717, 1.165) is 54.8 Å². The van der Waals surface area contributed by atoms with Gasteiger partial charge in [0, 0.05) is 18.4 Å². The van der Waals surface area contributed by atoms with Crippen LogP contribution in [0.15, 0.2) is 65.7 Å². The summed E-state index contributed by atoms with van der Waals surface area (Å²) >= 11 is 6.43. The van der Waals surface area contributed by atoms with Crippen molar-refractivity contribution in [3.8, 4) is 17.6 Å².